The molecule has 0 unspecified atom stereocenters. The van der Waals surface area contributed by atoms with E-state index in [1.54, 1.807) is 37.4 Å². The summed E-state index contributed by atoms with van der Waals surface area (Å²) in [7, 11) is -5.43. The Bertz CT molecular complexity index is 1540. The number of piperidine rings is 1. The van der Waals surface area contributed by atoms with Crippen LogP contribution in [0.15, 0.2) is 88.7 Å². The van der Waals surface area contributed by atoms with Crippen LogP contribution in [0.2, 0.25) is 0 Å². The van der Waals surface area contributed by atoms with Crippen molar-refractivity contribution in [2.45, 2.75) is 42.1 Å². The van der Waals surface area contributed by atoms with Gasteiger partial charge in [-0.25, -0.2) is 21.6 Å². The molecule has 0 atom stereocenters. The first-order valence-electron chi connectivity index (χ1n) is 13.2. The van der Waals surface area contributed by atoms with Gasteiger partial charge in [0, 0.05) is 38.2 Å². The van der Waals surface area contributed by atoms with Crippen molar-refractivity contribution in [1.82, 2.24) is 9.62 Å². The number of hydrogen-bond donors (Lipinski definition) is 1. The van der Waals surface area contributed by atoms with Crippen LogP contribution in [0.4, 0.5) is 5.69 Å². The number of likely N-dealkylation sites (tertiary alicyclic amines) is 1. The molecule has 10 heteroatoms. The van der Waals surface area contributed by atoms with Crippen LogP contribution in [-0.4, -0.2) is 54.0 Å². The zero-order chi connectivity index (χ0) is 28.8. The molecule has 0 bridgehead atoms. The van der Waals surface area contributed by atoms with E-state index >= 15 is 0 Å². The monoisotopic (exact) mass is 581 g/mol. The van der Waals surface area contributed by atoms with E-state index in [1.165, 1.54) is 60.1 Å². The molecule has 0 aliphatic carbocycles. The molecular formula is C30H35N3O5S2. The van der Waals surface area contributed by atoms with Gasteiger partial charge in [0.2, 0.25) is 10.0 Å². The minimum absolute atomic E-state index is 0.111. The summed E-state index contributed by atoms with van der Waals surface area (Å²) in [5.74, 6) is -0.315. The molecule has 1 N–H and O–H groups in total. The van der Waals surface area contributed by atoms with Crippen molar-refractivity contribution in [3.63, 3.8) is 0 Å². The first-order valence-corrected chi connectivity index (χ1v) is 16.5. The topological polar surface area (TPSA) is 104 Å². The second kappa shape index (κ2) is 12.9. The molecule has 0 saturated carbocycles. The lowest BCUT2D eigenvalue weighted by Gasteiger charge is -2.26. The highest BCUT2D eigenvalue weighted by molar-refractivity contribution is 7.90. The van der Waals surface area contributed by atoms with Crippen molar-refractivity contribution in [2.24, 2.45) is 0 Å². The number of sulfonamides is 1. The van der Waals surface area contributed by atoms with Crippen LogP contribution in [0.3, 0.4) is 0 Å². The molecule has 1 fully saturated rings. The summed E-state index contributed by atoms with van der Waals surface area (Å²) in [6, 6.07) is 20.3. The number of benzene rings is 3. The maximum atomic E-state index is 12.8. The summed E-state index contributed by atoms with van der Waals surface area (Å²) in [4.78, 5) is 16.8. The van der Waals surface area contributed by atoms with Gasteiger partial charge >= 0.3 is 0 Å². The van der Waals surface area contributed by atoms with E-state index < -0.39 is 19.9 Å². The van der Waals surface area contributed by atoms with Crippen molar-refractivity contribution >= 4 is 37.5 Å². The Hall–Kier alpha value is -3.31. The number of likely N-dealkylation sites (N-methyl/N-ethyl adjacent to an activating group) is 1. The van der Waals surface area contributed by atoms with Gasteiger partial charge in [0.1, 0.15) is 0 Å². The molecule has 0 radical (unpaired) electrons. The smallest absolute Gasteiger partial charge is 0.250 e. The van der Waals surface area contributed by atoms with Crippen molar-refractivity contribution in [2.75, 3.05) is 31.3 Å². The zero-order valence-electron chi connectivity index (χ0n) is 22.8. The minimum atomic E-state index is -3.73. The van der Waals surface area contributed by atoms with Crippen LogP contribution >= 0.6 is 0 Å². The normalized spacial score (nSPS) is 14.8. The summed E-state index contributed by atoms with van der Waals surface area (Å²) in [5, 5.41) is 0. The molecule has 1 aliphatic rings. The number of nitrogens with zero attached hydrogens (tertiary/aromatic N) is 2. The third-order valence-corrected chi connectivity index (χ3v) is 9.48. The first-order chi connectivity index (χ1) is 19.0. The van der Waals surface area contributed by atoms with Crippen molar-refractivity contribution in [1.29, 1.82) is 0 Å². The summed E-state index contributed by atoms with van der Waals surface area (Å²) in [6.45, 7) is 3.36. The van der Waals surface area contributed by atoms with E-state index in [1.807, 2.05) is 12.1 Å². The molecule has 0 spiro atoms. The first kappa shape index (κ1) is 29.7. The predicted molar refractivity (Wildman–Crippen MR) is 158 cm³/mol. The highest BCUT2D eigenvalue weighted by atomic mass is 32.2. The van der Waals surface area contributed by atoms with Crippen molar-refractivity contribution in [3.05, 3.63) is 95.6 Å². The fourth-order valence-corrected chi connectivity index (χ4v) is 6.13. The lowest BCUT2D eigenvalue weighted by molar-refractivity contribution is -0.113. The van der Waals surface area contributed by atoms with Crippen LogP contribution in [-0.2, 0) is 37.7 Å². The van der Waals surface area contributed by atoms with Crippen LogP contribution < -0.4 is 9.62 Å². The molecule has 0 aromatic heterocycles. The van der Waals surface area contributed by atoms with E-state index in [0.29, 0.717) is 11.3 Å². The number of nitrogens with one attached hydrogen (secondary N) is 1. The van der Waals surface area contributed by atoms with Gasteiger partial charge in [-0.1, -0.05) is 42.8 Å². The number of hydrogen-bond acceptors (Lipinski definition) is 6. The molecule has 1 amide bonds. The van der Waals surface area contributed by atoms with E-state index in [4.69, 9.17) is 0 Å². The SMILES string of the molecule is CN(C(=O)/C=C/c1ccc(S(C)(=O)=O)cc1)c1ccc(S(=O)(=O)NCc2ccc(CN3CCCCC3)cc2)cc1. The van der Waals surface area contributed by atoms with Crippen molar-refractivity contribution in [3.8, 4) is 0 Å². The summed E-state index contributed by atoms with van der Waals surface area (Å²) < 4.78 is 51.5. The fourth-order valence-electron chi connectivity index (χ4n) is 4.48. The quantitative estimate of drug-likeness (QED) is 0.360. The summed E-state index contributed by atoms with van der Waals surface area (Å²) >= 11 is 0. The predicted octanol–water partition coefficient (Wildman–Crippen LogP) is 4.23. The van der Waals surface area contributed by atoms with Gasteiger partial charge in [0.05, 0.1) is 9.79 Å². The molecule has 3 aromatic rings. The van der Waals surface area contributed by atoms with Gasteiger partial charge in [-0.15, -0.1) is 0 Å². The van der Waals surface area contributed by atoms with E-state index in [0.717, 1.165) is 31.5 Å². The van der Waals surface area contributed by atoms with Gasteiger partial charge in [0.25, 0.3) is 5.91 Å². The number of rotatable bonds is 10. The average Bonchev–Trinajstić information content (AvgIpc) is 2.95. The molecule has 3 aromatic carbocycles. The number of carbonyl (C=O) groups excluding carboxylic acids is 1. The Kier molecular flexibility index (Phi) is 9.57. The Morgan fingerprint density at radius 2 is 1.40 bits per heavy atom. The van der Waals surface area contributed by atoms with Crippen LogP contribution in [0.5, 0.6) is 0 Å². The molecule has 1 saturated heterocycles. The second-order valence-electron chi connectivity index (χ2n) is 10.0. The van der Waals surface area contributed by atoms with Crippen LogP contribution in [0, 0.1) is 0 Å². The molecule has 1 heterocycles. The van der Waals surface area contributed by atoms with E-state index in [-0.39, 0.29) is 22.2 Å². The summed E-state index contributed by atoms with van der Waals surface area (Å²) in [6.07, 6.45) is 7.90. The highest BCUT2D eigenvalue weighted by Crippen LogP contribution is 2.19. The van der Waals surface area contributed by atoms with E-state index in [2.05, 4.69) is 21.8 Å². The number of amides is 1. The Morgan fingerprint density at radius 1 is 0.825 bits per heavy atom. The Balaban J connectivity index is 1.31. The molecular weight excluding hydrogens is 546 g/mol. The lowest BCUT2D eigenvalue weighted by Crippen LogP contribution is -2.29. The van der Waals surface area contributed by atoms with Gasteiger partial charge < -0.3 is 4.90 Å². The van der Waals surface area contributed by atoms with Crippen LogP contribution in [0.25, 0.3) is 6.08 Å². The molecule has 4 rings (SSSR count). The van der Waals surface area contributed by atoms with Gasteiger partial charge in [-0.3, -0.25) is 9.69 Å². The lowest BCUT2D eigenvalue weighted by atomic mass is 10.1. The second-order valence-corrected chi connectivity index (χ2v) is 13.8. The van der Waals surface area contributed by atoms with Crippen LogP contribution in [0.1, 0.15) is 36.0 Å². The average molecular weight is 582 g/mol. The number of anilines is 1. The summed E-state index contributed by atoms with van der Waals surface area (Å²) in [5.41, 5.74) is 3.32. The molecule has 212 valence electrons. The Morgan fingerprint density at radius 3 is 2.00 bits per heavy atom. The minimum Gasteiger partial charge on any atom is -0.312 e. The maximum absolute atomic E-state index is 12.8. The zero-order valence-corrected chi connectivity index (χ0v) is 24.4. The fraction of sp³-hybridized carbons (Fsp3) is 0.300. The highest BCUT2D eigenvalue weighted by Gasteiger charge is 2.16. The maximum Gasteiger partial charge on any atom is 0.250 e. The molecule has 8 nitrogen and oxygen atoms in total. The molecule has 1 aliphatic heterocycles. The van der Waals surface area contributed by atoms with E-state index in [9.17, 15) is 21.6 Å². The number of carbonyl (C=O) groups is 1. The van der Waals surface area contributed by atoms with Gasteiger partial charge in [-0.05, 0) is 85.1 Å². The third-order valence-electron chi connectivity index (χ3n) is 6.94. The van der Waals surface area contributed by atoms with Gasteiger partial charge in [0.15, 0.2) is 9.84 Å². The Labute approximate surface area is 237 Å². The number of sulfone groups is 1. The van der Waals surface area contributed by atoms with Gasteiger partial charge in [-0.2, -0.15) is 0 Å². The van der Waals surface area contributed by atoms with Crippen molar-refractivity contribution < 1.29 is 21.6 Å². The third kappa shape index (κ3) is 8.11. The molecule has 40 heavy (non-hydrogen) atoms. The largest absolute Gasteiger partial charge is 0.312 e. The standard InChI is InChI=1S/C30H35N3O5S2/c1-32(30(34)19-12-24-10-15-28(16-11-24)39(2,35)36)27-13-17-29(18-14-27)40(37,38)31-22-25-6-8-26(9-7-25)23-33-20-4-3-5-21-33/h6-19,31H,3-5,20-23H2,1-2H3/b19-12+.